The minimum atomic E-state index is -0.0528. The summed E-state index contributed by atoms with van der Waals surface area (Å²) in [4.78, 5) is 2.43. The minimum Gasteiger partial charge on any atom is -0.310 e. The van der Waals surface area contributed by atoms with E-state index in [4.69, 9.17) is 0 Å². The monoisotopic (exact) mass is 663 g/mol. The average Bonchev–Trinajstić information content (AvgIpc) is 3.44. The van der Waals surface area contributed by atoms with Gasteiger partial charge in [-0.1, -0.05) is 172 Å². The van der Waals surface area contributed by atoms with E-state index in [1.54, 1.807) is 0 Å². The van der Waals surface area contributed by atoms with Crippen LogP contribution in [-0.2, 0) is 5.41 Å². The van der Waals surface area contributed by atoms with Crippen molar-refractivity contribution in [2.24, 2.45) is 0 Å². The van der Waals surface area contributed by atoms with E-state index in [1.807, 2.05) is 0 Å². The highest BCUT2D eigenvalue weighted by Crippen LogP contribution is 2.53. The Kier molecular flexibility index (Phi) is 6.91. The van der Waals surface area contributed by atoms with Crippen molar-refractivity contribution >= 4 is 49.4 Å². The van der Waals surface area contributed by atoms with Crippen LogP contribution in [0.15, 0.2) is 188 Å². The first-order valence-corrected chi connectivity index (χ1v) is 18.2. The summed E-state index contributed by atoms with van der Waals surface area (Å²) in [6.07, 6.45) is 0. The first-order valence-electron chi connectivity index (χ1n) is 18.2. The lowest BCUT2D eigenvalue weighted by Gasteiger charge is -2.28. The zero-order valence-electron chi connectivity index (χ0n) is 29.3. The maximum atomic E-state index is 2.43. The standard InChI is InChI=1S/C51H37N/c1-51(2)47-24-8-7-18-46(47)50-45(23-11-25-48(50)51)43-20-10-22-44-42(43)21-12-26-49(44)52(39-32-27-34-13-3-4-15-37(34)33-39)38-30-28-36(29-31-38)41-19-9-16-35-14-5-6-17-40(35)41/h3-33H,1-2H3. The first-order chi connectivity index (χ1) is 25.6. The second kappa shape index (κ2) is 11.8. The van der Waals surface area contributed by atoms with Crippen LogP contribution in [0.25, 0.3) is 65.7 Å². The second-order valence-electron chi connectivity index (χ2n) is 14.5. The second-order valence-corrected chi connectivity index (χ2v) is 14.5. The molecule has 0 aromatic heterocycles. The number of anilines is 3. The molecular formula is C51H37N. The van der Waals surface area contributed by atoms with Crippen LogP contribution in [0.1, 0.15) is 25.0 Å². The van der Waals surface area contributed by atoms with Crippen LogP contribution in [0, 0.1) is 0 Å². The molecular weight excluding hydrogens is 627 g/mol. The molecule has 0 amide bonds. The summed E-state index contributed by atoms with van der Waals surface area (Å²) >= 11 is 0. The molecule has 0 saturated heterocycles. The minimum absolute atomic E-state index is 0.0528. The van der Waals surface area contributed by atoms with Crippen LogP contribution in [0.4, 0.5) is 17.1 Å². The first kappa shape index (κ1) is 30.4. The number of benzene rings is 9. The van der Waals surface area contributed by atoms with Crippen LogP contribution < -0.4 is 4.90 Å². The molecule has 0 N–H and O–H groups in total. The molecule has 10 rings (SSSR count). The van der Waals surface area contributed by atoms with Crippen molar-refractivity contribution in [3.8, 4) is 33.4 Å². The van der Waals surface area contributed by atoms with Gasteiger partial charge >= 0.3 is 0 Å². The van der Waals surface area contributed by atoms with Crippen molar-refractivity contribution in [2.75, 3.05) is 4.90 Å². The molecule has 9 aromatic carbocycles. The zero-order chi connectivity index (χ0) is 34.8. The molecule has 1 aliphatic carbocycles. The number of rotatable bonds is 5. The highest BCUT2D eigenvalue weighted by Gasteiger charge is 2.36. The lowest BCUT2D eigenvalue weighted by Crippen LogP contribution is -2.14. The molecule has 52 heavy (non-hydrogen) atoms. The highest BCUT2D eigenvalue weighted by molar-refractivity contribution is 6.09. The fourth-order valence-electron chi connectivity index (χ4n) is 8.71. The van der Waals surface area contributed by atoms with Crippen molar-refractivity contribution in [3.63, 3.8) is 0 Å². The van der Waals surface area contributed by atoms with E-state index >= 15 is 0 Å². The van der Waals surface area contributed by atoms with Crippen molar-refractivity contribution in [1.29, 1.82) is 0 Å². The van der Waals surface area contributed by atoms with E-state index in [1.165, 1.54) is 76.8 Å². The average molecular weight is 664 g/mol. The van der Waals surface area contributed by atoms with E-state index in [-0.39, 0.29) is 5.41 Å². The highest BCUT2D eigenvalue weighted by atomic mass is 15.1. The molecule has 246 valence electrons. The predicted octanol–water partition coefficient (Wildman–Crippen LogP) is 14.3. The molecule has 0 bridgehead atoms. The summed E-state index contributed by atoms with van der Waals surface area (Å²) in [6, 6.07) is 69.2. The molecule has 0 unspecified atom stereocenters. The number of fused-ring (bicyclic) bond motifs is 6. The van der Waals surface area contributed by atoms with Gasteiger partial charge in [-0.05, 0) is 102 Å². The Labute approximate surface area is 305 Å². The summed E-state index contributed by atoms with van der Waals surface area (Å²) in [7, 11) is 0. The van der Waals surface area contributed by atoms with Crippen molar-refractivity contribution in [3.05, 3.63) is 199 Å². The molecule has 0 spiro atoms. The van der Waals surface area contributed by atoms with Crippen molar-refractivity contribution in [1.82, 2.24) is 0 Å². The summed E-state index contributed by atoms with van der Waals surface area (Å²) < 4.78 is 0. The predicted molar refractivity (Wildman–Crippen MR) is 222 cm³/mol. The SMILES string of the molecule is CC1(C)c2ccccc2-c2c(-c3cccc4c(N(c5ccc(-c6cccc7ccccc67)cc5)c5ccc6ccccc6c5)cccc34)cccc21. The van der Waals surface area contributed by atoms with Crippen molar-refractivity contribution in [2.45, 2.75) is 19.3 Å². The van der Waals surface area contributed by atoms with E-state index in [9.17, 15) is 0 Å². The van der Waals surface area contributed by atoms with Gasteiger partial charge in [0.05, 0.1) is 5.69 Å². The molecule has 1 aliphatic rings. The maximum Gasteiger partial charge on any atom is 0.0540 e. The van der Waals surface area contributed by atoms with E-state index in [0.29, 0.717) is 0 Å². The third kappa shape index (κ3) is 4.70. The van der Waals surface area contributed by atoms with Gasteiger partial charge in [-0.2, -0.15) is 0 Å². The topological polar surface area (TPSA) is 3.24 Å². The fraction of sp³-hybridized carbons (Fsp3) is 0.0588. The van der Waals surface area contributed by atoms with Gasteiger partial charge in [-0.25, -0.2) is 0 Å². The van der Waals surface area contributed by atoms with E-state index in [0.717, 1.165) is 17.1 Å². The van der Waals surface area contributed by atoms with Gasteiger partial charge in [-0.3, -0.25) is 0 Å². The molecule has 1 nitrogen and oxygen atoms in total. The Morgan fingerprint density at radius 2 is 0.942 bits per heavy atom. The molecule has 0 atom stereocenters. The number of hydrogen-bond acceptors (Lipinski definition) is 1. The van der Waals surface area contributed by atoms with Gasteiger partial charge in [0, 0.05) is 22.2 Å². The van der Waals surface area contributed by atoms with Crippen LogP contribution in [0.2, 0.25) is 0 Å². The van der Waals surface area contributed by atoms with Gasteiger partial charge in [0.1, 0.15) is 0 Å². The molecule has 9 aromatic rings. The smallest absolute Gasteiger partial charge is 0.0540 e. The molecule has 0 aliphatic heterocycles. The van der Waals surface area contributed by atoms with Gasteiger partial charge in [0.2, 0.25) is 0 Å². The largest absolute Gasteiger partial charge is 0.310 e. The molecule has 0 fully saturated rings. The van der Waals surface area contributed by atoms with E-state index in [2.05, 4.69) is 207 Å². The van der Waals surface area contributed by atoms with Gasteiger partial charge in [-0.15, -0.1) is 0 Å². The summed E-state index contributed by atoms with van der Waals surface area (Å²) in [5.74, 6) is 0. The summed E-state index contributed by atoms with van der Waals surface area (Å²) in [6.45, 7) is 4.71. The molecule has 0 saturated carbocycles. The number of hydrogen-bond donors (Lipinski definition) is 0. The Morgan fingerprint density at radius 3 is 1.83 bits per heavy atom. The lowest BCUT2D eigenvalue weighted by atomic mass is 9.82. The van der Waals surface area contributed by atoms with Crippen LogP contribution in [0.3, 0.4) is 0 Å². The van der Waals surface area contributed by atoms with Crippen molar-refractivity contribution < 1.29 is 0 Å². The Bertz CT molecular complexity index is 2820. The third-order valence-corrected chi connectivity index (χ3v) is 11.3. The summed E-state index contributed by atoms with van der Waals surface area (Å²) in [5, 5.41) is 7.44. The molecule has 1 heteroatoms. The third-order valence-electron chi connectivity index (χ3n) is 11.3. The quantitative estimate of drug-likeness (QED) is 0.177. The molecule has 0 radical (unpaired) electrons. The van der Waals surface area contributed by atoms with Gasteiger partial charge < -0.3 is 4.90 Å². The van der Waals surface area contributed by atoms with Crippen LogP contribution in [-0.4, -0.2) is 0 Å². The molecule has 0 heterocycles. The van der Waals surface area contributed by atoms with Crippen LogP contribution >= 0.6 is 0 Å². The lowest BCUT2D eigenvalue weighted by molar-refractivity contribution is 0.660. The summed E-state index contributed by atoms with van der Waals surface area (Å²) in [5.41, 5.74) is 13.8. The zero-order valence-corrected chi connectivity index (χ0v) is 29.3. The fourth-order valence-corrected chi connectivity index (χ4v) is 8.71. The van der Waals surface area contributed by atoms with E-state index < -0.39 is 0 Å². The van der Waals surface area contributed by atoms with Gasteiger partial charge in [0.15, 0.2) is 0 Å². The Balaban J connectivity index is 1.17. The van der Waals surface area contributed by atoms with Gasteiger partial charge in [0.25, 0.3) is 0 Å². The Hall–Kier alpha value is -6.44. The number of nitrogens with zero attached hydrogens (tertiary/aromatic N) is 1. The Morgan fingerprint density at radius 1 is 0.365 bits per heavy atom. The maximum absolute atomic E-state index is 2.43. The van der Waals surface area contributed by atoms with Crippen LogP contribution in [0.5, 0.6) is 0 Å². The normalized spacial score (nSPS) is 13.0.